The molecule has 3 aromatic rings. The Kier molecular flexibility index (Phi) is 5.38. The third-order valence-electron chi connectivity index (χ3n) is 5.61. The van der Waals surface area contributed by atoms with Gasteiger partial charge < -0.3 is 15.2 Å². The van der Waals surface area contributed by atoms with E-state index in [2.05, 4.69) is 32.4 Å². The van der Waals surface area contributed by atoms with Gasteiger partial charge in [0.05, 0.1) is 11.0 Å². The molecular weight excluding hydrogens is 356 g/mol. The molecule has 1 aliphatic rings. The molecule has 3 heterocycles. The fourth-order valence-corrected chi connectivity index (χ4v) is 4.14. The average Bonchev–Trinajstić information content (AvgIpc) is 3.18. The summed E-state index contributed by atoms with van der Waals surface area (Å²) in [6, 6.07) is 7.97. The second-order valence-corrected chi connectivity index (χ2v) is 7.37. The van der Waals surface area contributed by atoms with Crippen molar-refractivity contribution < 1.29 is 4.79 Å². The number of rotatable bonds is 6. The Labute approximate surface area is 162 Å². The first-order chi connectivity index (χ1) is 13.7. The number of piperidine rings is 1. The number of carbonyl (C=O) groups is 1. The number of H-pyrrole nitrogens is 1. The Morgan fingerprint density at radius 1 is 1.32 bits per heavy atom. The molecule has 1 fully saturated rings. The van der Waals surface area contributed by atoms with Crippen LogP contribution in [-0.2, 0) is 0 Å². The molecule has 8 heteroatoms. The van der Waals surface area contributed by atoms with Crippen LogP contribution in [0.25, 0.3) is 16.6 Å². The molecular formula is C20H26N6O2. The van der Waals surface area contributed by atoms with Crippen molar-refractivity contribution >= 4 is 22.5 Å². The van der Waals surface area contributed by atoms with Gasteiger partial charge in [0, 0.05) is 19.1 Å². The van der Waals surface area contributed by atoms with Gasteiger partial charge in [-0.05, 0) is 44.4 Å². The normalized spacial score (nSPS) is 18.0. The molecule has 1 aliphatic heterocycles. The Hall–Kier alpha value is -2.74. The maximum absolute atomic E-state index is 12.6. The number of carbonyl (C=O) groups excluding carboxylic acids is 1. The molecule has 1 atom stereocenters. The zero-order valence-electron chi connectivity index (χ0n) is 16.1. The quantitative estimate of drug-likeness (QED) is 0.636. The number of para-hydroxylation sites is 2. The minimum Gasteiger partial charge on any atom is -0.351 e. The topological polar surface area (TPSA) is 95.4 Å². The van der Waals surface area contributed by atoms with E-state index < -0.39 is 0 Å². The van der Waals surface area contributed by atoms with Gasteiger partial charge in [-0.25, -0.2) is 4.52 Å². The monoisotopic (exact) mass is 382 g/mol. The van der Waals surface area contributed by atoms with Gasteiger partial charge in [-0.2, -0.15) is 0 Å². The predicted octanol–water partition coefficient (Wildman–Crippen LogP) is 1.96. The minimum atomic E-state index is -0.368. The third kappa shape index (κ3) is 3.52. The first-order valence-corrected chi connectivity index (χ1v) is 10.1. The van der Waals surface area contributed by atoms with Crippen LogP contribution >= 0.6 is 0 Å². The van der Waals surface area contributed by atoms with E-state index in [0.717, 1.165) is 19.5 Å². The van der Waals surface area contributed by atoms with Gasteiger partial charge in [-0.1, -0.05) is 30.7 Å². The first-order valence-electron chi connectivity index (χ1n) is 10.1. The van der Waals surface area contributed by atoms with Gasteiger partial charge in [-0.15, -0.1) is 5.10 Å². The van der Waals surface area contributed by atoms with Crippen molar-refractivity contribution in [2.75, 3.05) is 19.6 Å². The molecule has 0 spiro atoms. The van der Waals surface area contributed by atoms with Gasteiger partial charge in [0.15, 0.2) is 11.2 Å². The van der Waals surface area contributed by atoms with Gasteiger partial charge in [-0.3, -0.25) is 9.59 Å². The van der Waals surface area contributed by atoms with E-state index in [1.54, 1.807) is 6.07 Å². The fraction of sp³-hybridized carbons (Fsp3) is 0.500. The second kappa shape index (κ2) is 8.10. The number of benzene rings is 1. The standard InChI is InChI=1S/C20H26N6O2/c1-2-14-8-5-6-12-25(14)13-7-11-21-19(27)17-18-20(28)22-15-9-3-4-10-16(15)26(18)24-23-17/h3-4,9-10,14H,2,5-8,11-13H2,1H3,(H,21,27)(H,22,28)/t14-/m1/s1. The first kappa shape index (κ1) is 18.6. The summed E-state index contributed by atoms with van der Waals surface area (Å²) in [6.07, 6.45) is 5.89. The average molecular weight is 382 g/mol. The number of amides is 1. The van der Waals surface area contributed by atoms with E-state index in [4.69, 9.17) is 0 Å². The highest BCUT2D eigenvalue weighted by Gasteiger charge is 2.21. The molecule has 148 valence electrons. The molecule has 0 bridgehead atoms. The lowest BCUT2D eigenvalue weighted by Crippen LogP contribution is -2.40. The zero-order chi connectivity index (χ0) is 19.5. The largest absolute Gasteiger partial charge is 0.351 e. The fourth-order valence-electron chi connectivity index (χ4n) is 4.14. The second-order valence-electron chi connectivity index (χ2n) is 7.37. The molecule has 8 nitrogen and oxygen atoms in total. The van der Waals surface area contributed by atoms with Crippen molar-refractivity contribution in [3.05, 3.63) is 40.3 Å². The summed E-state index contributed by atoms with van der Waals surface area (Å²) < 4.78 is 1.43. The van der Waals surface area contributed by atoms with Gasteiger partial charge >= 0.3 is 0 Å². The number of fused-ring (bicyclic) bond motifs is 3. The molecule has 1 amide bonds. The van der Waals surface area contributed by atoms with Crippen LogP contribution in [0.5, 0.6) is 0 Å². The minimum absolute atomic E-state index is 0.0661. The van der Waals surface area contributed by atoms with E-state index in [1.807, 2.05) is 18.2 Å². The number of nitrogens with one attached hydrogen (secondary N) is 2. The van der Waals surface area contributed by atoms with E-state index >= 15 is 0 Å². The predicted molar refractivity (Wildman–Crippen MR) is 108 cm³/mol. The lowest BCUT2D eigenvalue weighted by Gasteiger charge is -2.35. The molecule has 2 aromatic heterocycles. The SMILES string of the molecule is CC[C@@H]1CCCCN1CCCNC(=O)c1nnn2c1c(=O)[nH]c1ccccc12. The molecule has 0 unspecified atom stereocenters. The number of likely N-dealkylation sites (tertiary alicyclic amines) is 1. The lowest BCUT2D eigenvalue weighted by molar-refractivity contribution is 0.0944. The number of aromatic amines is 1. The Balaban J connectivity index is 1.43. The summed E-state index contributed by atoms with van der Waals surface area (Å²) in [6.45, 7) is 4.91. The highest BCUT2D eigenvalue weighted by Crippen LogP contribution is 2.19. The maximum atomic E-state index is 12.6. The van der Waals surface area contributed by atoms with Crippen molar-refractivity contribution in [3.8, 4) is 0 Å². The van der Waals surface area contributed by atoms with Gasteiger partial charge in [0.1, 0.15) is 0 Å². The molecule has 4 rings (SSSR count). The highest BCUT2D eigenvalue weighted by atomic mass is 16.2. The van der Waals surface area contributed by atoms with E-state index in [9.17, 15) is 9.59 Å². The van der Waals surface area contributed by atoms with Crippen LogP contribution in [0, 0.1) is 0 Å². The van der Waals surface area contributed by atoms with Crippen molar-refractivity contribution in [2.24, 2.45) is 0 Å². The summed E-state index contributed by atoms with van der Waals surface area (Å²) in [7, 11) is 0. The lowest BCUT2D eigenvalue weighted by atomic mass is 10.00. The Morgan fingerprint density at radius 2 is 2.18 bits per heavy atom. The molecule has 2 N–H and O–H groups in total. The van der Waals surface area contributed by atoms with E-state index in [-0.39, 0.29) is 22.7 Å². The van der Waals surface area contributed by atoms with Gasteiger partial charge in [0.2, 0.25) is 0 Å². The van der Waals surface area contributed by atoms with Crippen LogP contribution in [0.3, 0.4) is 0 Å². The molecule has 1 aromatic carbocycles. The van der Waals surface area contributed by atoms with Crippen molar-refractivity contribution in [2.45, 2.75) is 45.1 Å². The molecule has 0 radical (unpaired) electrons. The number of hydrogen-bond acceptors (Lipinski definition) is 5. The highest BCUT2D eigenvalue weighted by molar-refractivity contribution is 5.99. The molecule has 0 aliphatic carbocycles. The van der Waals surface area contributed by atoms with Crippen LogP contribution < -0.4 is 10.9 Å². The van der Waals surface area contributed by atoms with E-state index in [0.29, 0.717) is 23.6 Å². The van der Waals surface area contributed by atoms with Crippen LogP contribution in [0.15, 0.2) is 29.1 Å². The summed E-state index contributed by atoms with van der Waals surface area (Å²) in [5.74, 6) is -0.360. The maximum Gasteiger partial charge on any atom is 0.277 e. The van der Waals surface area contributed by atoms with Crippen molar-refractivity contribution in [3.63, 3.8) is 0 Å². The number of hydrogen-bond donors (Lipinski definition) is 2. The van der Waals surface area contributed by atoms with Gasteiger partial charge in [0.25, 0.3) is 11.5 Å². The van der Waals surface area contributed by atoms with Crippen LogP contribution in [0.2, 0.25) is 0 Å². The summed E-state index contributed by atoms with van der Waals surface area (Å²) in [5.41, 5.74) is 1.24. The molecule has 1 saturated heterocycles. The summed E-state index contributed by atoms with van der Waals surface area (Å²) >= 11 is 0. The van der Waals surface area contributed by atoms with Crippen molar-refractivity contribution in [1.82, 2.24) is 30.0 Å². The van der Waals surface area contributed by atoms with Crippen LogP contribution in [0.4, 0.5) is 0 Å². The third-order valence-corrected chi connectivity index (χ3v) is 5.61. The number of aromatic nitrogens is 4. The Morgan fingerprint density at radius 3 is 3.04 bits per heavy atom. The Bertz CT molecular complexity index is 1040. The zero-order valence-corrected chi connectivity index (χ0v) is 16.1. The van der Waals surface area contributed by atoms with Crippen molar-refractivity contribution in [1.29, 1.82) is 0 Å². The summed E-state index contributed by atoms with van der Waals surface area (Å²) in [5, 5.41) is 10.9. The number of nitrogens with zero attached hydrogens (tertiary/aromatic N) is 4. The molecule has 28 heavy (non-hydrogen) atoms. The van der Waals surface area contributed by atoms with E-state index in [1.165, 1.54) is 30.2 Å². The summed E-state index contributed by atoms with van der Waals surface area (Å²) in [4.78, 5) is 30.3. The van der Waals surface area contributed by atoms with Crippen LogP contribution in [0.1, 0.15) is 49.5 Å². The molecule has 0 saturated carbocycles. The smallest absolute Gasteiger partial charge is 0.277 e. The van der Waals surface area contributed by atoms with Crippen LogP contribution in [-0.4, -0.2) is 56.3 Å².